The summed E-state index contributed by atoms with van der Waals surface area (Å²) >= 11 is 0. The number of carbonyl (C=O) groups is 2. The summed E-state index contributed by atoms with van der Waals surface area (Å²) < 4.78 is 18.2. The molecule has 1 aliphatic rings. The van der Waals surface area contributed by atoms with Crippen molar-refractivity contribution in [2.75, 3.05) is 13.2 Å². The number of hydrogen-bond acceptors (Lipinski definition) is 3. The Kier molecular flexibility index (Phi) is 4.77. The zero-order valence-electron chi connectivity index (χ0n) is 11.8. The van der Waals surface area contributed by atoms with Crippen LogP contribution in [-0.4, -0.2) is 41.1 Å². The van der Waals surface area contributed by atoms with Gasteiger partial charge in [-0.15, -0.1) is 0 Å². The van der Waals surface area contributed by atoms with Gasteiger partial charge >= 0.3 is 5.97 Å². The van der Waals surface area contributed by atoms with Crippen molar-refractivity contribution in [1.29, 1.82) is 0 Å². The second-order valence-electron chi connectivity index (χ2n) is 5.32. The minimum Gasteiger partial charge on any atom is -0.484 e. The van der Waals surface area contributed by atoms with Crippen LogP contribution in [0, 0.1) is 11.7 Å². The molecule has 1 N–H and O–H groups in total. The molecule has 1 aromatic carbocycles. The second-order valence-corrected chi connectivity index (χ2v) is 5.32. The summed E-state index contributed by atoms with van der Waals surface area (Å²) in [6, 6.07) is 4.68. The van der Waals surface area contributed by atoms with Gasteiger partial charge in [0.1, 0.15) is 17.6 Å². The lowest BCUT2D eigenvalue weighted by atomic mass is 9.92. The molecule has 2 atom stereocenters. The zero-order chi connectivity index (χ0) is 15.4. The normalized spacial score (nSPS) is 21.9. The zero-order valence-corrected chi connectivity index (χ0v) is 11.8. The van der Waals surface area contributed by atoms with Crippen LogP contribution in [0.4, 0.5) is 4.39 Å². The Morgan fingerprint density at radius 2 is 2.24 bits per heavy atom. The number of benzene rings is 1. The number of aliphatic carboxylic acids is 1. The van der Waals surface area contributed by atoms with Gasteiger partial charge in [0, 0.05) is 12.6 Å². The van der Waals surface area contributed by atoms with E-state index >= 15 is 0 Å². The predicted molar refractivity (Wildman–Crippen MR) is 73.4 cm³/mol. The molecule has 1 amide bonds. The van der Waals surface area contributed by atoms with Gasteiger partial charge in [0.2, 0.25) is 0 Å². The molecule has 0 aliphatic carbocycles. The molecule has 114 valence electrons. The van der Waals surface area contributed by atoms with Crippen molar-refractivity contribution in [3.8, 4) is 5.75 Å². The van der Waals surface area contributed by atoms with Gasteiger partial charge in [0.05, 0.1) is 0 Å². The average molecular weight is 295 g/mol. The van der Waals surface area contributed by atoms with Gasteiger partial charge in [0.25, 0.3) is 5.91 Å². The monoisotopic (exact) mass is 295 g/mol. The highest BCUT2D eigenvalue weighted by Crippen LogP contribution is 2.23. The molecular formula is C15H18FNO4. The number of amides is 1. The number of likely N-dealkylation sites (tertiary alicyclic amines) is 1. The van der Waals surface area contributed by atoms with Crippen LogP contribution >= 0.6 is 0 Å². The summed E-state index contributed by atoms with van der Waals surface area (Å²) in [6.07, 6.45) is 1.22. The molecule has 21 heavy (non-hydrogen) atoms. The molecule has 0 bridgehead atoms. The molecule has 1 saturated heterocycles. The molecule has 5 nitrogen and oxygen atoms in total. The minimum absolute atomic E-state index is 0.251. The van der Waals surface area contributed by atoms with Crippen molar-refractivity contribution < 1.29 is 23.8 Å². The third-order valence-corrected chi connectivity index (χ3v) is 3.63. The number of carboxylic acids is 1. The lowest BCUT2D eigenvalue weighted by molar-refractivity contribution is -0.153. The fourth-order valence-electron chi connectivity index (χ4n) is 2.46. The molecule has 0 spiro atoms. The van der Waals surface area contributed by atoms with E-state index in [1.54, 1.807) is 6.07 Å². The molecule has 0 aromatic heterocycles. The van der Waals surface area contributed by atoms with Crippen molar-refractivity contribution in [2.24, 2.45) is 5.92 Å². The van der Waals surface area contributed by atoms with Crippen LogP contribution in [-0.2, 0) is 9.59 Å². The Morgan fingerprint density at radius 1 is 1.48 bits per heavy atom. The molecular weight excluding hydrogens is 277 g/mol. The maximum atomic E-state index is 13.0. The van der Waals surface area contributed by atoms with Gasteiger partial charge in [0.15, 0.2) is 6.61 Å². The molecule has 6 heteroatoms. The Morgan fingerprint density at radius 3 is 2.90 bits per heavy atom. The molecule has 1 heterocycles. The Bertz CT molecular complexity index is 534. The summed E-state index contributed by atoms with van der Waals surface area (Å²) in [5, 5.41) is 9.21. The van der Waals surface area contributed by atoms with E-state index in [0.717, 1.165) is 6.42 Å². The lowest BCUT2D eigenvalue weighted by Gasteiger charge is -2.35. The smallest absolute Gasteiger partial charge is 0.326 e. The molecule has 1 aromatic rings. The van der Waals surface area contributed by atoms with E-state index < -0.39 is 23.7 Å². The van der Waals surface area contributed by atoms with Gasteiger partial charge in [-0.25, -0.2) is 9.18 Å². The second kappa shape index (κ2) is 6.56. The maximum Gasteiger partial charge on any atom is 0.326 e. The van der Waals surface area contributed by atoms with Crippen molar-refractivity contribution in [3.05, 3.63) is 30.1 Å². The Labute approximate surface area is 122 Å². The summed E-state index contributed by atoms with van der Waals surface area (Å²) in [6.45, 7) is 2.09. The van der Waals surface area contributed by atoms with Crippen LogP contribution in [0.5, 0.6) is 5.75 Å². The van der Waals surface area contributed by atoms with Crippen LogP contribution < -0.4 is 4.74 Å². The van der Waals surface area contributed by atoms with E-state index in [-0.39, 0.29) is 18.3 Å². The molecule has 0 saturated carbocycles. The number of nitrogens with zero attached hydrogens (tertiary/aromatic N) is 1. The number of carbonyl (C=O) groups excluding carboxylic acids is 1. The standard InChI is InChI=1S/C15H18FNO4/c1-10-5-6-17(13(7-10)15(19)20)14(18)9-21-12-4-2-3-11(16)8-12/h2-4,8,10,13H,5-7,9H2,1H3,(H,19,20). The van der Waals surface area contributed by atoms with Gasteiger partial charge < -0.3 is 14.7 Å². The van der Waals surface area contributed by atoms with Crippen LogP contribution in [0.1, 0.15) is 19.8 Å². The van der Waals surface area contributed by atoms with Crippen LogP contribution in [0.2, 0.25) is 0 Å². The van der Waals surface area contributed by atoms with E-state index in [2.05, 4.69) is 0 Å². The van der Waals surface area contributed by atoms with Crippen molar-refractivity contribution in [1.82, 2.24) is 4.90 Å². The highest BCUT2D eigenvalue weighted by molar-refractivity contribution is 5.84. The molecule has 1 fully saturated rings. The molecule has 0 radical (unpaired) electrons. The molecule has 2 rings (SSSR count). The van der Waals surface area contributed by atoms with Crippen molar-refractivity contribution in [3.63, 3.8) is 0 Å². The van der Waals surface area contributed by atoms with Crippen LogP contribution in [0.3, 0.4) is 0 Å². The van der Waals surface area contributed by atoms with E-state index in [1.165, 1.54) is 23.1 Å². The maximum absolute atomic E-state index is 13.0. The summed E-state index contributed by atoms with van der Waals surface area (Å²) in [5.74, 6) is -1.31. The predicted octanol–water partition coefficient (Wildman–Crippen LogP) is 1.92. The first kappa shape index (κ1) is 15.3. The van der Waals surface area contributed by atoms with E-state index in [9.17, 15) is 19.1 Å². The number of carboxylic acid groups (broad SMARTS) is 1. The summed E-state index contributed by atoms with van der Waals surface area (Å²) in [4.78, 5) is 24.7. The minimum atomic E-state index is -0.999. The third-order valence-electron chi connectivity index (χ3n) is 3.63. The highest BCUT2D eigenvalue weighted by atomic mass is 19.1. The van der Waals surface area contributed by atoms with E-state index in [4.69, 9.17) is 4.74 Å². The fraction of sp³-hybridized carbons (Fsp3) is 0.467. The number of ether oxygens (including phenoxy) is 1. The number of piperidine rings is 1. The van der Waals surface area contributed by atoms with Gasteiger partial charge in [-0.3, -0.25) is 4.79 Å². The topological polar surface area (TPSA) is 66.8 Å². The van der Waals surface area contributed by atoms with Crippen molar-refractivity contribution >= 4 is 11.9 Å². The summed E-state index contributed by atoms with van der Waals surface area (Å²) in [7, 11) is 0. The van der Waals surface area contributed by atoms with Crippen LogP contribution in [0.15, 0.2) is 24.3 Å². The summed E-state index contributed by atoms with van der Waals surface area (Å²) in [5.41, 5.74) is 0. The molecule has 1 aliphatic heterocycles. The average Bonchev–Trinajstić information content (AvgIpc) is 2.44. The SMILES string of the molecule is CC1CCN(C(=O)COc2cccc(F)c2)C(C(=O)O)C1. The van der Waals surface area contributed by atoms with E-state index in [0.29, 0.717) is 13.0 Å². The molecule has 2 unspecified atom stereocenters. The Hall–Kier alpha value is -2.11. The number of hydrogen-bond donors (Lipinski definition) is 1. The first-order valence-electron chi connectivity index (χ1n) is 6.88. The lowest BCUT2D eigenvalue weighted by Crippen LogP contribution is -2.51. The van der Waals surface area contributed by atoms with Crippen molar-refractivity contribution in [2.45, 2.75) is 25.8 Å². The van der Waals surface area contributed by atoms with Gasteiger partial charge in [-0.2, -0.15) is 0 Å². The van der Waals surface area contributed by atoms with E-state index in [1.807, 2.05) is 6.92 Å². The Balaban J connectivity index is 1.97. The largest absolute Gasteiger partial charge is 0.484 e. The first-order chi connectivity index (χ1) is 9.97. The number of halogens is 1. The third kappa shape index (κ3) is 3.93. The highest BCUT2D eigenvalue weighted by Gasteiger charge is 2.34. The van der Waals surface area contributed by atoms with Gasteiger partial charge in [-0.1, -0.05) is 13.0 Å². The fourth-order valence-corrected chi connectivity index (χ4v) is 2.46. The van der Waals surface area contributed by atoms with Crippen LogP contribution in [0.25, 0.3) is 0 Å². The van der Waals surface area contributed by atoms with Gasteiger partial charge in [-0.05, 0) is 30.9 Å². The first-order valence-corrected chi connectivity index (χ1v) is 6.88. The quantitative estimate of drug-likeness (QED) is 0.921. The number of rotatable bonds is 4.